The van der Waals surface area contributed by atoms with E-state index in [2.05, 4.69) is 33.2 Å². The number of quaternary nitrogens is 1. The quantitative estimate of drug-likeness (QED) is 0.298. The zero-order valence-corrected chi connectivity index (χ0v) is 9.59. The molecule has 82 valence electrons. The Labute approximate surface area is 86.1 Å². The van der Waals surface area contributed by atoms with Crippen molar-refractivity contribution in [2.24, 2.45) is 0 Å². The Balaban J connectivity index is 3.39. The third-order valence-electron chi connectivity index (χ3n) is 1.62. The summed E-state index contributed by atoms with van der Waals surface area (Å²) in [6, 6.07) is 0. The number of hydrogen-bond acceptors (Lipinski definition) is 3. The van der Waals surface area contributed by atoms with Crippen LogP contribution < -0.4 is 5.48 Å². The number of carbonyl (C=O) groups excluding carboxylic acids is 1. The van der Waals surface area contributed by atoms with Crippen molar-refractivity contribution in [1.82, 2.24) is 5.48 Å². The molecule has 14 heavy (non-hydrogen) atoms. The van der Waals surface area contributed by atoms with Gasteiger partial charge in [0.1, 0.15) is 0 Å². The first kappa shape index (κ1) is 13.1. The molecule has 0 aliphatic rings. The molecule has 0 fully saturated rings. The van der Waals surface area contributed by atoms with Gasteiger partial charge in [0.15, 0.2) is 0 Å². The minimum Gasteiger partial charge on any atom is -0.367 e. The maximum absolute atomic E-state index is 10.9. The molecule has 0 aliphatic carbocycles. The number of rotatable bonds is 6. The standard InChI is InChI=1S/C10H21N2O2/c1-9(2)10(13)14-11-7-6-8-12(3,4)5/h11H,1,6-8H2,2-5H3/q+1. The van der Waals surface area contributed by atoms with E-state index >= 15 is 0 Å². The fourth-order valence-electron chi connectivity index (χ4n) is 0.829. The number of carbonyl (C=O) groups is 1. The third-order valence-corrected chi connectivity index (χ3v) is 1.62. The molecular weight excluding hydrogens is 180 g/mol. The van der Waals surface area contributed by atoms with Gasteiger partial charge in [-0.25, -0.2) is 4.79 Å². The Morgan fingerprint density at radius 3 is 2.43 bits per heavy atom. The molecule has 0 bridgehead atoms. The molecule has 0 rings (SSSR count). The normalized spacial score (nSPS) is 11.1. The predicted octanol–water partition coefficient (Wildman–Crippen LogP) is 0.707. The van der Waals surface area contributed by atoms with Crippen LogP contribution in [0.3, 0.4) is 0 Å². The molecule has 0 spiro atoms. The fraction of sp³-hybridized carbons (Fsp3) is 0.700. The first-order chi connectivity index (χ1) is 6.33. The SMILES string of the molecule is C=C(C)C(=O)ONCCC[N+](C)(C)C. The van der Waals surface area contributed by atoms with Crippen molar-refractivity contribution >= 4 is 5.97 Å². The molecule has 0 unspecified atom stereocenters. The summed E-state index contributed by atoms with van der Waals surface area (Å²) in [4.78, 5) is 15.6. The van der Waals surface area contributed by atoms with Crippen molar-refractivity contribution in [2.45, 2.75) is 13.3 Å². The van der Waals surface area contributed by atoms with Gasteiger partial charge in [0.05, 0.1) is 27.7 Å². The first-order valence-corrected chi connectivity index (χ1v) is 4.73. The van der Waals surface area contributed by atoms with Gasteiger partial charge >= 0.3 is 5.97 Å². The summed E-state index contributed by atoms with van der Waals surface area (Å²) in [7, 11) is 6.37. The second-order valence-corrected chi connectivity index (χ2v) is 4.43. The largest absolute Gasteiger partial charge is 0.367 e. The second kappa shape index (κ2) is 5.78. The number of nitrogens with zero attached hydrogens (tertiary/aromatic N) is 1. The molecule has 0 heterocycles. The van der Waals surface area contributed by atoms with Crippen LogP contribution in [0.2, 0.25) is 0 Å². The van der Waals surface area contributed by atoms with E-state index in [9.17, 15) is 4.79 Å². The van der Waals surface area contributed by atoms with E-state index in [4.69, 9.17) is 4.84 Å². The van der Waals surface area contributed by atoms with Crippen LogP contribution in [-0.2, 0) is 9.63 Å². The lowest BCUT2D eigenvalue weighted by molar-refractivity contribution is -0.870. The highest BCUT2D eigenvalue weighted by molar-refractivity contribution is 5.86. The average molecular weight is 201 g/mol. The summed E-state index contributed by atoms with van der Waals surface area (Å²) < 4.78 is 0.913. The van der Waals surface area contributed by atoms with Crippen LogP contribution in [0.15, 0.2) is 12.2 Å². The summed E-state index contributed by atoms with van der Waals surface area (Å²) in [6.07, 6.45) is 0.965. The molecule has 0 aromatic heterocycles. The maximum Gasteiger partial charge on any atom is 0.351 e. The Morgan fingerprint density at radius 1 is 1.43 bits per heavy atom. The molecule has 0 aliphatic heterocycles. The van der Waals surface area contributed by atoms with Crippen molar-refractivity contribution < 1.29 is 14.1 Å². The summed E-state index contributed by atoms with van der Waals surface area (Å²) in [5.41, 5.74) is 3.03. The summed E-state index contributed by atoms with van der Waals surface area (Å²) in [6.45, 7) is 6.81. The highest BCUT2D eigenvalue weighted by Crippen LogP contribution is 1.93. The van der Waals surface area contributed by atoms with E-state index in [1.165, 1.54) is 0 Å². The Morgan fingerprint density at radius 2 is 2.00 bits per heavy atom. The molecule has 1 N–H and O–H groups in total. The fourth-order valence-corrected chi connectivity index (χ4v) is 0.829. The summed E-state index contributed by atoms with van der Waals surface area (Å²) >= 11 is 0. The lowest BCUT2D eigenvalue weighted by atomic mass is 10.4. The van der Waals surface area contributed by atoms with Crippen molar-refractivity contribution in [3.05, 3.63) is 12.2 Å². The molecule has 0 saturated heterocycles. The third kappa shape index (κ3) is 7.76. The average Bonchev–Trinajstić information content (AvgIpc) is 2.01. The van der Waals surface area contributed by atoms with Crippen molar-refractivity contribution in [3.8, 4) is 0 Å². The molecule has 4 nitrogen and oxygen atoms in total. The van der Waals surface area contributed by atoms with Gasteiger partial charge in [-0.1, -0.05) is 6.58 Å². The van der Waals surface area contributed by atoms with Crippen LogP contribution in [0, 0.1) is 0 Å². The Hall–Kier alpha value is -0.870. The number of nitrogens with one attached hydrogen (secondary N) is 1. The highest BCUT2D eigenvalue weighted by atomic mass is 16.7. The lowest BCUT2D eigenvalue weighted by Crippen LogP contribution is -2.37. The van der Waals surface area contributed by atoms with Crippen LogP contribution in [0.4, 0.5) is 0 Å². The smallest absolute Gasteiger partial charge is 0.351 e. The van der Waals surface area contributed by atoms with Crippen LogP contribution >= 0.6 is 0 Å². The second-order valence-electron chi connectivity index (χ2n) is 4.43. The highest BCUT2D eigenvalue weighted by Gasteiger charge is 2.06. The maximum atomic E-state index is 10.9. The van der Waals surface area contributed by atoms with E-state index in [1.54, 1.807) is 6.92 Å². The van der Waals surface area contributed by atoms with Gasteiger partial charge in [0.2, 0.25) is 0 Å². The lowest BCUT2D eigenvalue weighted by Gasteiger charge is -2.23. The molecule has 0 aromatic rings. The molecule has 0 aromatic carbocycles. The zero-order chi connectivity index (χ0) is 11.2. The van der Waals surface area contributed by atoms with E-state index in [0.717, 1.165) is 17.4 Å². The minimum absolute atomic E-state index is 0.393. The number of hydroxylamine groups is 1. The zero-order valence-electron chi connectivity index (χ0n) is 9.59. The monoisotopic (exact) mass is 201 g/mol. The van der Waals surface area contributed by atoms with Gasteiger partial charge in [-0.3, -0.25) is 0 Å². The van der Waals surface area contributed by atoms with E-state index < -0.39 is 5.97 Å². The van der Waals surface area contributed by atoms with Gasteiger partial charge in [-0.15, -0.1) is 0 Å². The molecule has 4 heteroatoms. The molecule has 0 atom stereocenters. The molecule has 0 saturated carbocycles. The van der Waals surface area contributed by atoms with Crippen LogP contribution in [0.1, 0.15) is 13.3 Å². The Kier molecular flexibility index (Phi) is 5.42. The number of hydrogen-bond donors (Lipinski definition) is 1. The van der Waals surface area contributed by atoms with E-state index in [-0.39, 0.29) is 0 Å². The van der Waals surface area contributed by atoms with Gasteiger partial charge in [0.25, 0.3) is 0 Å². The topological polar surface area (TPSA) is 38.3 Å². The van der Waals surface area contributed by atoms with Crippen molar-refractivity contribution in [1.29, 1.82) is 0 Å². The first-order valence-electron chi connectivity index (χ1n) is 4.73. The molecular formula is C10H21N2O2+. The van der Waals surface area contributed by atoms with Crippen molar-refractivity contribution in [2.75, 3.05) is 34.2 Å². The molecule has 0 radical (unpaired) electrons. The van der Waals surface area contributed by atoms with E-state index in [1.807, 2.05) is 0 Å². The van der Waals surface area contributed by atoms with Gasteiger partial charge in [-0.2, -0.15) is 5.48 Å². The van der Waals surface area contributed by atoms with E-state index in [0.29, 0.717) is 12.1 Å². The summed E-state index contributed by atoms with van der Waals surface area (Å²) in [5.74, 6) is -0.393. The van der Waals surface area contributed by atoms with Crippen LogP contribution in [-0.4, -0.2) is 44.7 Å². The predicted molar refractivity (Wildman–Crippen MR) is 56.4 cm³/mol. The van der Waals surface area contributed by atoms with Gasteiger partial charge < -0.3 is 9.32 Å². The van der Waals surface area contributed by atoms with Crippen LogP contribution in [0.5, 0.6) is 0 Å². The van der Waals surface area contributed by atoms with Gasteiger partial charge in [0, 0.05) is 18.5 Å². The Bertz CT molecular complexity index is 207. The van der Waals surface area contributed by atoms with Gasteiger partial charge in [-0.05, 0) is 6.92 Å². The molecule has 0 amide bonds. The van der Waals surface area contributed by atoms with Crippen molar-refractivity contribution in [3.63, 3.8) is 0 Å². The summed E-state index contributed by atoms with van der Waals surface area (Å²) in [5, 5.41) is 0. The van der Waals surface area contributed by atoms with Crippen LogP contribution in [0.25, 0.3) is 0 Å². The minimum atomic E-state index is -0.393.